The van der Waals surface area contributed by atoms with E-state index in [9.17, 15) is 30.3 Å². The van der Waals surface area contributed by atoms with E-state index >= 15 is 0 Å². The smallest absolute Gasteiger partial charge is 0.220 e. The molecule has 0 bridgehead atoms. The van der Waals surface area contributed by atoms with E-state index in [1.54, 1.807) is 6.08 Å². The molecular formula is C50H95NO8. The third kappa shape index (κ3) is 31.2. The summed E-state index contributed by atoms with van der Waals surface area (Å²) in [6, 6.07) is -0.806. The summed E-state index contributed by atoms with van der Waals surface area (Å²) in [7, 11) is 0. The van der Waals surface area contributed by atoms with Crippen LogP contribution in [-0.2, 0) is 14.3 Å². The van der Waals surface area contributed by atoms with E-state index in [2.05, 4.69) is 31.3 Å². The Kier molecular flexibility index (Phi) is 38.4. The monoisotopic (exact) mass is 838 g/mol. The predicted octanol–water partition coefficient (Wildman–Crippen LogP) is 11.1. The summed E-state index contributed by atoms with van der Waals surface area (Å²) in [5.74, 6) is -0.185. The van der Waals surface area contributed by atoms with Gasteiger partial charge in [-0.3, -0.25) is 4.79 Å². The number of hydrogen-bond acceptors (Lipinski definition) is 8. The molecule has 1 rings (SSSR count). The number of rotatable bonds is 42. The van der Waals surface area contributed by atoms with Gasteiger partial charge in [-0.2, -0.15) is 0 Å². The average molecular weight is 838 g/mol. The molecule has 7 unspecified atom stereocenters. The second-order valence-electron chi connectivity index (χ2n) is 17.6. The van der Waals surface area contributed by atoms with Crippen molar-refractivity contribution in [3.63, 3.8) is 0 Å². The number of amides is 1. The third-order valence-electron chi connectivity index (χ3n) is 12.0. The number of aliphatic hydroxyl groups is 5. The van der Waals surface area contributed by atoms with E-state index in [-0.39, 0.29) is 12.5 Å². The maximum atomic E-state index is 12.9. The fraction of sp³-hybridized carbons (Fsp3) is 0.900. The van der Waals surface area contributed by atoms with Gasteiger partial charge < -0.3 is 40.3 Å². The first-order valence-corrected chi connectivity index (χ1v) is 25.1. The number of carbonyl (C=O) groups excluding carboxylic acids is 1. The van der Waals surface area contributed by atoms with Crippen LogP contribution in [0.15, 0.2) is 24.3 Å². The quantitative estimate of drug-likeness (QED) is 0.0263. The number of nitrogens with one attached hydrogen (secondary N) is 1. The Morgan fingerprint density at radius 3 is 1.39 bits per heavy atom. The van der Waals surface area contributed by atoms with Crippen molar-refractivity contribution in [2.75, 3.05) is 13.2 Å². The lowest BCUT2D eigenvalue weighted by molar-refractivity contribution is -0.302. The molecule has 0 aromatic heterocycles. The minimum absolute atomic E-state index is 0.185. The molecule has 7 atom stereocenters. The van der Waals surface area contributed by atoms with Crippen molar-refractivity contribution < 1.29 is 39.8 Å². The Morgan fingerprint density at radius 1 is 0.559 bits per heavy atom. The van der Waals surface area contributed by atoms with Crippen molar-refractivity contribution in [1.29, 1.82) is 0 Å². The molecular weight excluding hydrogens is 743 g/mol. The highest BCUT2D eigenvalue weighted by molar-refractivity contribution is 5.76. The van der Waals surface area contributed by atoms with E-state index in [0.717, 1.165) is 57.8 Å². The summed E-state index contributed by atoms with van der Waals surface area (Å²) < 4.78 is 11.2. The topological polar surface area (TPSA) is 149 Å². The lowest BCUT2D eigenvalue weighted by Gasteiger charge is -2.40. The molecule has 9 heteroatoms. The highest BCUT2D eigenvalue weighted by Crippen LogP contribution is 2.23. The first kappa shape index (κ1) is 55.7. The third-order valence-corrected chi connectivity index (χ3v) is 12.0. The normalized spacial score (nSPS) is 20.8. The van der Waals surface area contributed by atoms with Crippen molar-refractivity contribution in [2.24, 2.45) is 0 Å². The van der Waals surface area contributed by atoms with Gasteiger partial charge in [-0.1, -0.05) is 205 Å². The molecule has 1 fully saturated rings. The number of aliphatic hydroxyl groups excluding tert-OH is 5. The zero-order chi connectivity index (χ0) is 43.0. The lowest BCUT2D eigenvalue weighted by Crippen LogP contribution is -2.60. The molecule has 0 radical (unpaired) electrons. The van der Waals surface area contributed by atoms with Crippen molar-refractivity contribution in [3.8, 4) is 0 Å². The summed E-state index contributed by atoms with van der Waals surface area (Å²) >= 11 is 0. The molecule has 1 aliphatic rings. The molecule has 9 nitrogen and oxygen atoms in total. The van der Waals surface area contributed by atoms with E-state index < -0.39 is 49.5 Å². The number of carbonyl (C=O) groups is 1. The second-order valence-corrected chi connectivity index (χ2v) is 17.6. The second kappa shape index (κ2) is 40.7. The SMILES string of the molecule is CCCCCC/C=C\CCCCCCCC(=O)NC(COC1OC(CO)C(O)C(O)C1O)C(O)/C=C/CCCCCCCCCCCCCCCCCCCCCCC. The van der Waals surface area contributed by atoms with Gasteiger partial charge in [-0.05, 0) is 44.9 Å². The van der Waals surface area contributed by atoms with E-state index in [1.807, 2.05) is 6.08 Å². The van der Waals surface area contributed by atoms with Crippen molar-refractivity contribution in [3.05, 3.63) is 24.3 Å². The van der Waals surface area contributed by atoms with Gasteiger partial charge in [0, 0.05) is 6.42 Å². The number of unbranched alkanes of at least 4 members (excludes halogenated alkanes) is 30. The fourth-order valence-electron chi connectivity index (χ4n) is 7.97. The van der Waals surface area contributed by atoms with Crippen LogP contribution in [-0.4, -0.2) is 87.5 Å². The standard InChI is InChI=1S/C50H95NO8/c1-3-5-7-9-11-13-15-17-18-19-20-21-22-23-24-25-26-28-29-31-33-35-37-39-44(53)43(42-58-50-49(57)48(56)47(55)45(41-52)59-50)51-46(54)40-38-36-34-32-30-27-16-14-12-10-8-6-4-2/h14,16,37,39,43-45,47-50,52-53,55-57H,3-13,15,17-36,38,40-42H2,1-2H3,(H,51,54)/b16-14-,39-37+. The van der Waals surface area contributed by atoms with Crippen LogP contribution in [0, 0.1) is 0 Å². The Balaban J connectivity index is 2.28. The molecule has 1 heterocycles. The van der Waals surface area contributed by atoms with Gasteiger partial charge in [0.25, 0.3) is 0 Å². The van der Waals surface area contributed by atoms with Crippen LogP contribution in [0.3, 0.4) is 0 Å². The van der Waals surface area contributed by atoms with Crippen LogP contribution in [0.5, 0.6) is 0 Å². The Bertz CT molecular complexity index is 977. The molecule has 348 valence electrons. The summed E-state index contributed by atoms with van der Waals surface area (Å²) in [6.45, 7) is 3.77. The minimum Gasteiger partial charge on any atom is -0.394 e. The summed E-state index contributed by atoms with van der Waals surface area (Å²) in [5.41, 5.74) is 0. The van der Waals surface area contributed by atoms with Gasteiger partial charge in [-0.25, -0.2) is 0 Å². The number of ether oxygens (including phenoxy) is 2. The molecule has 0 aromatic rings. The molecule has 0 saturated carbocycles. The first-order valence-electron chi connectivity index (χ1n) is 25.1. The van der Waals surface area contributed by atoms with Gasteiger partial charge >= 0.3 is 0 Å². The van der Waals surface area contributed by atoms with Gasteiger partial charge in [0.15, 0.2) is 6.29 Å². The molecule has 0 aromatic carbocycles. The highest BCUT2D eigenvalue weighted by atomic mass is 16.7. The van der Waals surface area contributed by atoms with Crippen LogP contribution in [0.1, 0.15) is 232 Å². The van der Waals surface area contributed by atoms with Crippen LogP contribution < -0.4 is 5.32 Å². The molecule has 0 spiro atoms. The summed E-state index contributed by atoms with van der Waals surface area (Å²) in [6.07, 6.45) is 42.3. The first-order chi connectivity index (χ1) is 28.8. The van der Waals surface area contributed by atoms with E-state index in [1.165, 1.54) is 154 Å². The molecule has 1 amide bonds. The van der Waals surface area contributed by atoms with Crippen LogP contribution in [0.25, 0.3) is 0 Å². The average Bonchev–Trinajstić information content (AvgIpc) is 3.23. The van der Waals surface area contributed by atoms with Gasteiger partial charge in [0.05, 0.1) is 25.4 Å². The zero-order valence-corrected chi connectivity index (χ0v) is 38.3. The summed E-state index contributed by atoms with van der Waals surface area (Å²) in [5, 5.41) is 54.3. The van der Waals surface area contributed by atoms with Gasteiger partial charge in [-0.15, -0.1) is 0 Å². The lowest BCUT2D eigenvalue weighted by atomic mass is 9.99. The number of allylic oxidation sites excluding steroid dienone is 3. The molecule has 0 aliphatic carbocycles. The maximum Gasteiger partial charge on any atom is 0.220 e. The molecule has 1 aliphatic heterocycles. The van der Waals surface area contributed by atoms with Crippen LogP contribution in [0.2, 0.25) is 0 Å². The molecule has 1 saturated heterocycles. The fourth-order valence-corrected chi connectivity index (χ4v) is 7.97. The Labute approximate surface area is 362 Å². The van der Waals surface area contributed by atoms with Gasteiger partial charge in [0.2, 0.25) is 5.91 Å². The van der Waals surface area contributed by atoms with E-state index in [0.29, 0.717) is 6.42 Å². The summed E-state index contributed by atoms with van der Waals surface area (Å²) in [4.78, 5) is 12.9. The van der Waals surface area contributed by atoms with Crippen molar-refractivity contribution in [1.82, 2.24) is 5.32 Å². The molecule has 59 heavy (non-hydrogen) atoms. The van der Waals surface area contributed by atoms with Gasteiger partial charge in [0.1, 0.15) is 24.4 Å². The molecule has 6 N–H and O–H groups in total. The Morgan fingerprint density at radius 2 is 0.949 bits per heavy atom. The van der Waals surface area contributed by atoms with E-state index in [4.69, 9.17) is 9.47 Å². The predicted molar refractivity (Wildman–Crippen MR) is 244 cm³/mol. The maximum absolute atomic E-state index is 12.9. The largest absolute Gasteiger partial charge is 0.394 e. The van der Waals surface area contributed by atoms with Crippen LogP contribution in [0.4, 0.5) is 0 Å². The van der Waals surface area contributed by atoms with Crippen molar-refractivity contribution in [2.45, 2.75) is 275 Å². The highest BCUT2D eigenvalue weighted by Gasteiger charge is 2.44. The zero-order valence-electron chi connectivity index (χ0n) is 38.3. The van der Waals surface area contributed by atoms with Crippen LogP contribution >= 0.6 is 0 Å². The van der Waals surface area contributed by atoms with Crippen molar-refractivity contribution >= 4 is 5.91 Å². The minimum atomic E-state index is -1.57. The number of hydrogen-bond donors (Lipinski definition) is 6. The Hall–Kier alpha value is -1.33.